The van der Waals surface area contributed by atoms with Crippen molar-refractivity contribution in [1.82, 2.24) is 9.80 Å². The van der Waals surface area contributed by atoms with E-state index in [-0.39, 0.29) is 11.9 Å². The molecule has 0 aliphatic carbocycles. The molecular weight excluding hydrogens is 315 g/mol. The third kappa shape index (κ3) is 4.81. The van der Waals surface area contributed by atoms with Crippen LogP contribution in [0.3, 0.4) is 0 Å². The van der Waals surface area contributed by atoms with Crippen LogP contribution in [0.5, 0.6) is 0 Å². The summed E-state index contributed by atoms with van der Waals surface area (Å²) in [6.45, 7) is 9.17. The average Bonchev–Trinajstić information content (AvgIpc) is 2.62. The molecule has 0 bridgehead atoms. The Balaban J connectivity index is 1.55. The van der Waals surface area contributed by atoms with Crippen LogP contribution in [-0.4, -0.2) is 61.3 Å². The van der Waals surface area contributed by atoms with E-state index in [2.05, 4.69) is 23.6 Å². The highest BCUT2D eigenvalue weighted by Crippen LogP contribution is 2.28. The SMILES string of the molecule is CO[C@@H]1CN(C2CCN(C(C)C)CC2)CC[C@@H]1Cc1cccc(F)c1. The highest BCUT2D eigenvalue weighted by Gasteiger charge is 2.34. The van der Waals surface area contributed by atoms with Gasteiger partial charge in [-0.15, -0.1) is 0 Å². The van der Waals surface area contributed by atoms with Crippen LogP contribution < -0.4 is 0 Å². The number of likely N-dealkylation sites (tertiary alicyclic amines) is 2. The summed E-state index contributed by atoms with van der Waals surface area (Å²) in [7, 11) is 1.83. The Hall–Kier alpha value is -0.970. The third-order valence-electron chi connectivity index (χ3n) is 6.16. The van der Waals surface area contributed by atoms with Crippen LogP contribution in [0.1, 0.15) is 38.7 Å². The van der Waals surface area contributed by atoms with Crippen LogP contribution in [0.15, 0.2) is 24.3 Å². The molecule has 3 rings (SSSR count). The van der Waals surface area contributed by atoms with Crippen molar-refractivity contribution in [2.45, 2.75) is 57.7 Å². The Bertz CT molecular complexity index is 542. The van der Waals surface area contributed by atoms with Gasteiger partial charge >= 0.3 is 0 Å². The first-order chi connectivity index (χ1) is 12.1. The zero-order valence-corrected chi connectivity index (χ0v) is 16.0. The molecule has 2 fully saturated rings. The van der Waals surface area contributed by atoms with Gasteiger partial charge in [-0.05, 0) is 82.8 Å². The van der Waals surface area contributed by atoms with Crippen molar-refractivity contribution in [2.24, 2.45) is 5.92 Å². The van der Waals surface area contributed by atoms with Gasteiger partial charge < -0.3 is 9.64 Å². The maximum absolute atomic E-state index is 13.5. The van der Waals surface area contributed by atoms with E-state index in [1.807, 2.05) is 19.2 Å². The molecule has 0 amide bonds. The van der Waals surface area contributed by atoms with Crippen molar-refractivity contribution in [2.75, 3.05) is 33.3 Å². The van der Waals surface area contributed by atoms with Crippen molar-refractivity contribution in [3.8, 4) is 0 Å². The van der Waals surface area contributed by atoms with Crippen LogP contribution in [0.25, 0.3) is 0 Å². The van der Waals surface area contributed by atoms with E-state index in [9.17, 15) is 4.39 Å². The van der Waals surface area contributed by atoms with Crippen LogP contribution in [0.2, 0.25) is 0 Å². The molecule has 0 spiro atoms. The molecule has 0 N–H and O–H groups in total. The molecule has 3 nitrogen and oxygen atoms in total. The standard InChI is InChI=1S/C21H33FN2O/c1-16(2)23-11-8-20(9-12-23)24-10-7-18(21(15-24)25-3)13-17-5-4-6-19(22)14-17/h4-6,14,16,18,20-21H,7-13,15H2,1-3H3/t18-,21-/m1/s1. The van der Waals surface area contributed by atoms with Gasteiger partial charge in [-0.2, -0.15) is 0 Å². The molecule has 1 aromatic rings. The lowest BCUT2D eigenvalue weighted by Crippen LogP contribution is -2.53. The first-order valence-corrected chi connectivity index (χ1v) is 9.82. The Morgan fingerprint density at radius 3 is 2.56 bits per heavy atom. The van der Waals surface area contributed by atoms with Gasteiger partial charge in [-0.25, -0.2) is 4.39 Å². The summed E-state index contributed by atoms with van der Waals surface area (Å²) in [5.74, 6) is 0.347. The minimum Gasteiger partial charge on any atom is -0.380 e. The van der Waals surface area contributed by atoms with Crippen molar-refractivity contribution >= 4 is 0 Å². The highest BCUT2D eigenvalue weighted by atomic mass is 19.1. The normalized spacial score (nSPS) is 27.1. The smallest absolute Gasteiger partial charge is 0.123 e. The Morgan fingerprint density at radius 2 is 1.92 bits per heavy atom. The lowest BCUT2D eigenvalue weighted by atomic mass is 9.86. The fraction of sp³-hybridized carbons (Fsp3) is 0.714. The molecule has 2 aliphatic rings. The number of methoxy groups -OCH3 is 1. The predicted octanol–water partition coefficient (Wildman–Crippen LogP) is 3.58. The van der Waals surface area contributed by atoms with E-state index in [0.717, 1.165) is 31.5 Å². The second kappa shape index (κ2) is 8.61. The van der Waals surface area contributed by atoms with Crippen LogP contribution >= 0.6 is 0 Å². The first-order valence-electron chi connectivity index (χ1n) is 9.82. The Labute approximate surface area is 152 Å². The molecule has 4 heteroatoms. The van der Waals surface area contributed by atoms with Gasteiger partial charge in [-0.1, -0.05) is 12.1 Å². The van der Waals surface area contributed by atoms with Gasteiger partial charge in [0.05, 0.1) is 6.10 Å². The van der Waals surface area contributed by atoms with Crippen LogP contribution in [0, 0.1) is 11.7 Å². The minimum absolute atomic E-state index is 0.138. The lowest BCUT2D eigenvalue weighted by molar-refractivity contribution is -0.0348. The van der Waals surface area contributed by atoms with E-state index in [1.165, 1.54) is 32.0 Å². The molecule has 0 unspecified atom stereocenters. The molecule has 2 saturated heterocycles. The van der Waals surface area contributed by atoms with Crippen molar-refractivity contribution in [3.05, 3.63) is 35.6 Å². The number of ether oxygens (including phenoxy) is 1. The maximum Gasteiger partial charge on any atom is 0.123 e. The van der Waals surface area contributed by atoms with Gasteiger partial charge in [-0.3, -0.25) is 4.90 Å². The number of hydrogen-bond acceptors (Lipinski definition) is 3. The molecule has 0 aromatic heterocycles. The fourth-order valence-electron chi connectivity index (χ4n) is 4.56. The second-order valence-electron chi connectivity index (χ2n) is 8.01. The molecule has 0 saturated carbocycles. The molecule has 2 heterocycles. The summed E-state index contributed by atoms with van der Waals surface area (Å²) >= 11 is 0. The summed E-state index contributed by atoms with van der Waals surface area (Å²) in [6, 6.07) is 8.38. The lowest BCUT2D eigenvalue weighted by Gasteiger charge is -2.45. The topological polar surface area (TPSA) is 15.7 Å². The van der Waals surface area contributed by atoms with Gasteiger partial charge in [0.1, 0.15) is 5.82 Å². The van der Waals surface area contributed by atoms with E-state index in [4.69, 9.17) is 4.74 Å². The summed E-state index contributed by atoms with van der Waals surface area (Å²) in [4.78, 5) is 5.23. The van der Waals surface area contributed by atoms with Gasteiger partial charge in [0.15, 0.2) is 0 Å². The monoisotopic (exact) mass is 348 g/mol. The van der Waals surface area contributed by atoms with E-state index >= 15 is 0 Å². The summed E-state index contributed by atoms with van der Waals surface area (Å²) in [5.41, 5.74) is 1.09. The first kappa shape index (κ1) is 18.8. The fourth-order valence-corrected chi connectivity index (χ4v) is 4.56. The third-order valence-corrected chi connectivity index (χ3v) is 6.16. The number of piperidine rings is 2. The maximum atomic E-state index is 13.5. The largest absolute Gasteiger partial charge is 0.380 e. The average molecular weight is 349 g/mol. The zero-order chi connectivity index (χ0) is 17.8. The Kier molecular flexibility index (Phi) is 6.48. The second-order valence-corrected chi connectivity index (χ2v) is 8.01. The molecular formula is C21H33FN2O. The summed E-state index contributed by atoms with van der Waals surface area (Å²) < 4.78 is 19.3. The molecule has 1 aromatic carbocycles. The number of nitrogens with zero attached hydrogens (tertiary/aromatic N) is 2. The van der Waals surface area contributed by atoms with Crippen molar-refractivity contribution in [3.63, 3.8) is 0 Å². The molecule has 2 aliphatic heterocycles. The number of rotatable bonds is 5. The van der Waals surface area contributed by atoms with Gasteiger partial charge in [0.2, 0.25) is 0 Å². The highest BCUT2D eigenvalue weighted by molar-refractivity contribution is 5.17. The zero-order valence-electron chi connectivity index (χ0n) is 16.0. The van der Waals surface area contributed by atoms with Crippen molar-refractivity contribution < 1.29 is 9.13 Å². The van der Waals surface area contributed by atoms with Gasteiger partial charge in [0.25, 0.3) is 0 Å². The van der Waals surface area contributed by atoms with Gasteiger partial charge in [0, 0.05) is 25.7 Å². The number of benzene rings is 1. The molecule has 0 radical (unpaired) electrons. The van der Waals surface area contributed by atoms with E-state index in [1.54, 1.807) is 6.07 Å². The van der Waals surface area contributed by atoms with Crippen LogP contribution in [0.4, 0.5) is 4.39 Å². The minimum atomic E-state index is -0.138. The van der Waals surface area contributed by atoms with E-state index in [0.29, 0.717) is 18.0 Å². The van der Waals surface area contributed by atoms with Crippen molar-refractivity contribution in [1.29, 1.82) is 0 Å². The summed E-state index contributed by atoms with van der Waals surface area (Å²) in [5, 5.41) is 0. The number of halogens is 1. The summed E-state index contributed by atoms with van der Waals surface area (Å²) in [6.07, 6.45) is 4.84. The molecule has 140 valence electrons. The number of hydrogen-bond donors (Lipinski definition) is 0. The molecule has 2 atom stereocenters. The van der Waals surface area contributed by atoms with Crippen LogP contribution in [-0.2, 0) is 11.2 Å². The van der Waals surface area contributed by atoms with E-state index < -0.39 is 0 Å². The Morgan fingerprint density at radius 1 is 1.16 bits per heavy atom. The molecule has 25 heavy (non-hydrogen) atoms. The predicted molar refractivity (Wildman–Crippen MR) is 100 cm³/mol. The quantitative estimate of drug-likeness (QED) is 0.809.